The summed E-state index contributed by atoms with van der Waals surface area (Å²) in [6.07, 6.45) is 2.49. The van der Waals surface area contributed by atoms with Crippen molar-refractivity contribution in [1.82, 2.24) is 14.5 Å². The summed E-state index contributed by atoms with van der Waals surface area (Å²) in [6.45, 7) is 0. The molecule has 0 spiro atoms. The molecule has 0 unspecified atom stereocenters. The third kappa shape index (κ3) is 2.55. The molecule has 0 aliphatic carbocycles. The smallest absolute Gasteiger partial charge is 0.164 e. The zero-order valence-electron chi connectivity index (χ0n) is 12.4. The standard InChI is InChI=1S/C19H15N3O/c23-16-10-8-15(9-11-16)22-18(13-14-5-2-1-3-6-14)21-17-7-4-12-20-19(17)22/h1-12,23H,13H2. The zero-order valence-corrected chi connectivity index (χ0v) is 12.4. The maximum atomic E-state index is 9.53. The van der Waals surface area contributed by atoms with Crippen molar-refractivity contribution < 1.29 is 5.11 Å². The van der Waals surface area contributed by atoms with Gasteiger partial charge in [0, 0.05) is 18.3 Å². The van der Waals surface area contributed by atoms with Crippen LogP contribution in [0.4, 0.5) is 0 Å². The van der Waals surface area contributed by atoms with E-state index in [9.17, 15) is 5.11 Å². The Bertz CT molecular complexity index is 943. The second-order valence-electron chi connectivity index (χ2n) is 5.39. The number of hydrogen-bond donors (Lipinski definition) is 1. The van der Waals surface area contributed by atoms with Crippen molar-refractivity contribution in [2.45, 2.75) is 6.42 Å². The summed E-state index contributed by atoms with van der Waals surface area (Å²) in [4.78, 5) is 9.22. The number of benzene rings is 2. The van der Waals surface area contributed by atoms with E-state index in [4.69, 9.17) is 4.98 Å². The number of phenols is 1. The second-order valence-corrected chi connectivity index (χ2v) is 5.39. The van der Waals surface area contributed by atoms with E-state index in [1.807, 2.05) is 47.0 Å². The molecule has 112 valence electrons. The number of phenolic OH excluding ortho intramolecular Hbond substituents is 1. The van der Waals surface area contributed by atoms with Gasteiger partial charge in [0.15, 0.2) is 5.65 Å². The maximum Gasteiger partial charge on any atom is 0.164 e. The maximum absolute atomic E-state index is 9.53. The Balaban J connectivity index is 1.89. The summed E-state index contributed by atoms with van der Waals surface area (Å²) in [5, 5.41) is 9.53. The number of rotatable bonds is 3. The molecular weight excluding hydrogens is 286 g/mol. The molecule has 0 bridgehead atoms. The first-order valence-corrected chi connectivity index (χ1v) is 7.47. The lowest BCUT2D eigenvalue weighted by Crippen LogP contribution is -2.02. The average Bonchev–Trinajstić information content (AvgIpc) is 2.94. The van der Waals surface area contributed by atoms with E-state index >= 15 is 0 Å². The lowest BCUT2D eigenvalue weighted by atomic mass is 10.1. The summed E-state index contributed by atoms with van der Waals surface area (Å²) in [5.41, 5.74) is 3.83. The average molecular weight is 301 g/mol. The molecule has 23 heavy (non-hydrogen) atoms. The van der Waals surface area contributed by atoms with Gasteiger partial charge in [0.1, 0.15) is 17.1 Å². The van der Waals surface area contributed by atoms with E-state index in [0.29, 0.717) is 0 Å². The fourth-order valence-corrected chi connectivity index (χ4v) is 2.73. The number of imidazole rings is 1. The fourth-order valence-electron chi connectivity index (χ4n) is 2.73. The summed E-state index contributed by atoms with van der Waals surface area (Å²) in [5.74, 6) is 1.17. The first kappa shape index (κ1) is 13.5. The minimum atomic E-state index is 0.246. The normalized spacial score (nSPS) is 11.0. The van der Waals surface area contributed by atoms with Crippen LogP contribution in [0.5, 0.6) is 5.75 Å². The molecule has 2 heterocycles. The number of pyridine rings is 1. The molecule has 4 nitrogen and oxygen atoms in total. The van der Waals surface area contributed by atoms with E-state index < -0.39 is 0 Å². The Morgan fingerprint density at radius 3 is 2.43 bits per heavy atom. The summed E-state index contributed by atoms with van der Waals surface area (Å²) < 4.78 is 2.04. The molecule has 4 aromatic rings. The van der Waals surface area contributed by atoms with Crippen molar-refractivity contribution in [1.29, 1.82) is 0 Å². The van der Waals surface area contributed by atoms with Gasteiger partial charge in [0.25, 0.3) is 0 Å². The van der Waals surface area contributed by atoms with Gasteiger partial charge < -0.3 is 5.11 Å². The zero-order chi connectivity index (χ0) is 15.6. The molecule has 2 aromatic carbocycles. The van der Waals surface area contributed by atoms with Crippen LogP contribution in [-0.4, -0.2) is 19.6 Å². The molecule has 0 saturated heterocycles. The molecule has 0 atom stereocenters. The van der Waals surface area contributed by atoms with E-state index in [0.717, 1.165) is 29.1 Å². The molecule has 4 rings (SSSR count). The van der Waals surface area contributed by atoms with Gasteiger partial charge in [-0.3, -0.25) is 4.57 Å². The Morgan fingerprint density at radius 2 is 1.65 bits per heavy atom. The highest BCUT2D eigenvalue weighted by atomic mass is 16.3. The number of aromatic nitrogens is 3. The highest BCUT2D eigenvalue weighted by Gasteiger charge is 2.13. The van der Waals surface area contributed by atoms with Gasteiger partial charge >= 0.3 is 0 Å². The van der Waals surface area contributed by atoms with Crippen molar-refractivity contribution in [3.8, 4) is 11.4 Å². The van der Waals surface area contributed by atoms with Crippen molar-refractivity contribution in [3.05, 3.63) is 84.3 Å². The third-order valence-electron chi connectivity index (χ3n) is 3.80. The summed E-state index contributed by atoms with van der Waals surface area (Å²) in [6, 6.07) is 21.2. The third-order valence-corrected chi connectivity index (χ3v) is 3.80. The van der Waals surface area contributed by atoms with E-state index in [-0.39, 0.29) is 5.75 Å². The molecule has 0 fully saturated rings. The molecule has 0 aliphatic rings. The predicted octanol–water partition coefficient (Wildman–Crippen LogP) is 3.72. The Kier molecular flexibility index (Phi) is 3.27. The molecule has 0 amide bonds. The second kappa shape index (κ2) is 5.57. The highest BCUT2D eigenvalue weighted by molar-refractivity contribution is 5.74. The number of fused-ring (bicyclic) bond motifs is 1. The molecule has 0 aliphatic heterocycles. The Labute approximate surface area is 133 Å². The molecule has 2 aromatic heterocycles. The lowest BCUT2D eigenvalue weighted by molar-refractivity contribution is 0.475. The van der Waals surface area contributed by atoms with Crippen LogP contribution < -0.4 is 0 Å². The predicted molar refractivity (Wildman–Crippen MR) is 89.8 cm³/mol. The van der Waals surface area contributed by atoms with Crippen molar-refractivity contribution in [2.75, 3.05) is 0 Å². The van der Waals surface area contributed by atoms with Gasteiger partial charge in [-0.2, -0.15) is 0 Å². The summed E-state index contributed by atoms with van der Waals surface area (Å²) in [7, 11) is 0. The van der Waals surface area contributed by atoms with Gasteiger partial charge in [-0.05, 0) is 42.0 Å². The van der Waals surface area contributed by atoms with Crippen molar-refractivity contribution in [3.63, 3.8) is 0 Å². The first-order valence-electron chi connectivity index (χ1n) is 7.47. The molecule has 4 heteroatoms. The monoisotopic (exact) mass is 301 g/mol. The van der Waals surface area contributed by atoms with Gasteiger partial charge in [-0.15, -0.1) is 0 Å². The van der Waals surface area contributed by atoms with Crippen LogP contribution in [-0.2, 0) is 6.42 Å². The topological polar surface area (TPSA) is 50.9 Å². The largest absolute Gasteiger partial charge is 0.508 e. The van der Waals surface area contributed by atoms with Crippen LogP contribution >= 0.6 is 0 Å². The van der Waals surface area contributed by atoms with E-state index in [2.05, 4.69) is 17.1 Å². The van der Waals surface area contributed by atoms with E-state index in [1.165, 1.54) is 5.56 Å². The minimum Gasteiger partial charge on any atom is -0.508 e. The molecular formula is C19H15N3O. The van der Waals surface area contributed by atoms with Gasteiger partial charge in [-0.1, -0.05) is 30.3 Å². The minimum absolute atomic E-state index is 0.246. The van der Waals surface area contributed by atoms with Gasteiger partial charge in [-0.25, -0.2) is 9.97 Å². The Morgan fingerprint density at radius 1 is 0.870 bits per heavy atom. The fraction of sp³-hybridized carbons (Fsp3) is 0.0526. The van der Waals surface area contributed by atoms with Crippen molar-refractivity contribution >= 4 is 11.2 Å². The number of aromatic hydroxyl groups is 1. The van der Waals surface area contributed by atoms with Gasteiger partial charge in [0.05, 0.1) is 0 Å². The Hall–Kier alpha value is -3.14. The van der Waals surface area contributed by atoms with Crippen LogP contribution in [0, 0.1) is 0 Å². The van der Waals surface area contributed by atoms with Crippen LogP contribution in [0.1, 0.15) is 11.4 Å². The quantitative estimate of drug-likeness (QED) is 0.627. The van der Waals surface area contributed by atoms with Crippen LogP contribution in [0.2, 0.25) is 0 Å². The highest BCUT2D eigenvalue weighted by Crippen LogP contribution is 2.23. The lowest BCUT2D eigenvalue weighted by Gasteiger charge is -2.09. The molecule has 0 saturated carbocycles. The summed E-state index contributed by atoms with van der Waals surface area (Å²) >= 11 is 0. The van der Waals surface area contributed by atoms with Crippen LogP contribution in [0.3, 0.4) is 0 Å². The van der Waals surface area contributed by atoms with Crippen LogP contribution in [0.15, 0.2) is 72.9 Å². The first-order chi connectivity index (χ1) is 11.3. The number of hydrogen-bond acceptors (Lipinski definition) is 3. The molecule has 0 radical (unpaired) electrons. The van der Waals surface area contributed by atoms with Crippen molar-refractivity contribution in [2.24, 2.45) is 0 Å². The molecule has 1 N–H and O–H groups in total. The van der Waals surface area contributed by atoms with Gasteiger partial charge in [0.2, 0.25) is 0 Å². The van der Waals surface area contributed by atoms with Crippen LogP contribution in [0.25, 0.3) is 16.9 Å². The van der Waals surface area contributed by atoms with E-state index in [1.54, 1.807) is 18.3 Å². The SMILES string of the molecule is Oc1ccc(-n2c(Cc3ccccc3)nc3cccnc32)cc1. The number of nitrogens with zero attached hydrogens (tertiary/aromatic N) is 3.